The van der Waals surface area contributed by atoms with Crippen LogP contribution >= 0.6 is 23.2 Å². The Morgan fingerprint density at radius 3 is 2.67 bits per heavy atom. The zero-order valence-corrected chi connectivity index (χ0v) is 20.4. The van der Waals surface area contributed by atoms with E-state index in [-0.39, 0.29) is 18.1 Å². The van der Waals surface area contributed by atoms with Crippen molar-refractivity contribution in [3.63, 3.8) is 0 Å². The SMILES string of the molecule is CCOc1cc(C=NNC(=O)c2cc3cc([N+](=O)[O-])ccc3o2)ccc1OCc1ccc(Cl)cc1Cl. The van der Waals surface area contributed by atoms with Crippen molar-refractivity contribution in [2.24, 2.45) is 5.10 Å². The number of carbonyl (C=O) groups excluding carboxylic acids is 1. The molecule has 0 aliphatic heterocycles. The number of nitro groups is 1. The highest BCUT2D eigenvalue weighted by atomic mass is 35.5. The van der Waals surface area contributed by atoms with E-state index in [1.54, 1.807) is 36.4 Å². The molecule has 1 N–H and O–H groups in total. The number of benzene rings is 3. The van der Waals surface area contributed by atoms with Crippen LogP contribution < -0.4 is 14.9 Å². The lowest BCUT2D eigenvalue weighted by molar-refractivity contribution is -0.384. The van der Waals surface area contributed by atoms with Gasteiger partial charge in [0.05, 0.1) is 17.7 Å². The molecule has 4 rings (SSSR count). The second-order valence-electron chi connectivity index (χ2n) is 7.45. The van der Waals surface area contributed by atoms with E-state index in [1.165, 1.54) is 30.5 Å². The average Bonchev–Trinajstić information content (AvgIpc) is 3.28. The first-order valence-corrected chi connectivity index (χ1v) is 11.4. The molecular weight excluding hydrogens is 509 g/mol. The minimum Gasteiger partial charge on any atom is -0.490 e. The van der Waals surface area contributed by atoms with Crippen LogP contribution in [0.5, 0.6) is 11.5 Å². The number of hydrazone groups is 1. The summed E-state index contributed by atoms with van der Waals surface area (Å²) < 4.78 is 17.0. The van der Waals surface area contributed by atoms with Crippen LogP contribution in [-0.4, -0.2) is 23.7 Å². The van der Waals surface area contributed by atoms with Gasteiger partial charge < -0.3 is 13.9 Å². The van der Waals surface area contributed by atoms with Crippen molar-refractivity contribution in [1.29, 1.82) is 0 Å². The molecule has 0 spiro atoms. The van der Waals surface area contributed by atoms with E-state index in [4.69, 9.17) is 37.1 Å². The zero-order valence-electron chi connectivity index (χ0n) is 18.9. The van der Waals surface area contributed by atoms with Gasteiger partial charge in [-0.15, -0.1) is 0 Å². The Balaban J connectivity index is 1.43. The van der Waals surface area contributed by atoms with Crippen LogP contribution in [-0.2, 0) is 6.61 Å². The molecular formula is C25H19Cl2N3O6. The molecule has 0 unspecified atom stereocenters. The molecule has 184 valence electrons. The van der Waals surface area contributed by atoms with Crippen LogP contribution in [0.3, 0.4) is 0 Å². The molecule has 4 aromatic rings. The maximum atomic E-state index is 12.4. The highest BCUT2D eigenvalue weighted by Gasteiger charge is 2.15. The van der Waals surface area contributed by atoms with Gasteiger partial charge >= 0.3 is 5.91 Å². The van der Waals surface area contributed by atoms with E-state index in [2.05, 4.69) is 10.5 Å². The number of carbonyl (C=O) groups is 1. The van der Waals surface area contributed by atoms with Crippen molar-refractivity contribution < 1.29 is 23.6 Å². The number of non-ortho nitro benzene ring substituents is 1. The largest absolute Gasteiger partial charge is 0.490 e. The summed E-state index contributed by atoms with van der Waals surface area (Å²) in [5, 5.41) is 16.4. The van der Waals surface area contributed by atoms with E-state index in [9.17, 15) is 14.9 Å². The smallest absolute Gasteiger partial charge is 0.307 e. The Kier molecular flexibility index (Phi) is 7.72. The number of amides is 1. The van der Waals surface area contributed by atoms with Gasteiger partial charge in [-0.2, -0.15) is 5.10 Å². The van der Waals surface area contributed by atoms with Gasteiger partial charge in [-0.3, -0.25) is 14.9 Å². The second-order valence-corrected chi connectivity index (χ2v) is 8.30. The summed E-state index contributed by atoms with van der Waals surface area (Å²) in [7, 11) is 0. The molecule has 1 heterocycles. The molecule has 0 saturated carbocycles. The van der Waals surface area contributed by atoms with Crippen LogP contribution in [0.25, 0.3) is 11.0 Å². The number of ether oxygens (including phenoxy) is 2. The van der Waals surface area contributed by atoms with Crippen LogP contribution in [0.2, 0.25) is 10.0 Å². The monoisotopic (exact) mass is 527 g/mol. The van der Waals surface area contributed by atoms with E-state index in [0.29, 0.717) is 44.7 Å². The van der Waals surface area contributed by atoms with E-state index < -0.39 is 10.8 Å². The predicted octanol–water partition coefficient (Wildman–Crippen LogP) is 6.39. The van der Waals surface area contributed by atoms with Gasteiger partial charge in [0.2, 0.25) is 0 Å². The van der Waals surface area contributed by atoms with E-state index >= 15 is 0 Å². The van der Waals surface area contributed by atoms with Gasteiger partial charge in [-0.25, -0.2) is 5.43 Å². The third kappa shape index (κ3) is 5.94. The fourth-order valence-electron chi connectivity index (χ4n) is 3.26. The number of nitro benzene ring substituents is 1. The maximum absolute atomic E-state index is 12.4. The number of hydrogen-bond acceptors (Lipinski definition) is 7. The van der Waals surface area contributed by atoms with Gasteiger partial charge in [0.25, 0.3) is 5.69 Å². The first-order chi connectivity index (χ1) is 17.3. The van der Waals surface area contributed by atoms with Crippen LogP contribution in [0.15, 0.2) is 70.2 Å². The third-order valence-corrected chi connectivity index (χ3v) is 5.57. The third-order valence-electron chi connectivity index (χ3n) is 4.98. The highest BCUT2D eigenvalue weighted by molar-refractivity contribution is 6.35. The Hall–Kier alpha value is -4.08. The minimum absolute atomic E-state index is 0.0257. The Morgan fingerprint density at radius 1 is 1.08 bits per heavy atom. The Bertz CT molecular complexity index is 1470. The molecule has 0 radical (unpaired) electrons. The molecule has 1 amide bonds. The fourth-order valence-corrected chi connectivity index (χ4v) is 3.73. The molecule has 3 aromatic carbocycles. The first-order valence-electron chi connectivity index (χ1n) is 10.7. The number of nitrogens with zero attached hydrogens (tertiary/aromatic N) is 2. The van der Waals surface area contributed by atoms with Crippen molar-refractivity contribution in [1.82, 2.24) is 5.43 Å². The van der Waals surface area contributed by atoms with Gasteiger partial charge in [0.15, 0.2) is 17.3 Å². The summed E-state index contributed by atoms with van der Waals surface area (Å²) in [4.78, 5) is 22.8. The van der Waals surface area contributed by atoms with Crippen molar-refractivity contribution in [3.05, 3.63) is 97.7 Å². The lowest BCUT2D eigenvalue weighted by Gasteiger charge is -2.13. The van der Waals surface area contributed by atoms with Crippen LogP contribution in [0.1, 0.15) is 28.6 Å². The molecule has 0 bridgehead atoms. The molecule has 0 aliphatic rings. The molecule has 0 fully saturated rings. The summed E-state index contributed by atoms with van der Waals surface area (Å²) >= 11 is 12.1. The zero-order chi connectivity index (χ0) is 25.7. The average molecular weight is 528 g/mol. The van der Waals surface area contributed by atoms with Crippen LogP contribution in [0.4, 0.5) is 5.69 Å². The van der Waals surface area contributed by atoms with Crippen LogP contribution in [0, 0.1) is 10.1 Å². The fraction of sp³-hybridized carbons (Fsp3) is 0.120. The molecule has 1 aromatic heterocycles. The van der Waals surface area contributed by atoms with Gasteiger partial charge in [-0.05, 0) is 55.0 Å². The molecule has 9 nitrogen and oxygen atoms in total. The second kappa shape index (κ2) is 11.1. The van der Waals surface area contributed by atoms with Crippen molar-refractivity contribution in [2.75, 3.05) is 6.61 Å². The number of furan rings is 1. The molecule has 0 atom stereocenters. The van der Waals surface area contributed by atoms with Gasteiger partial charge in [0, 0.05) is 33.1 Å². The molecule has 36 heavy (non-hydrogen) atoms. The summed E-state index contributed by atoms with van der Waals surface area (Å²) in [6.07, 6.45) is 1.44. The number of nitrogens with one attached hydrogen (secondary N) is 1. The summed E-state index contributed by atoms with van der Waals surface area (Å²) in [6.45, 7) is 2.49. The van der Waals surface area contributed by atoms with Gasteiger partial charge in [-0.1, -0.05) is 29.3 Å². The summed E-state index contributed by atoms with van der Waals surface area (Å²) in [5.74, 6) is 0.384. The highest BCUT2D eigenvalue weighted by Crippen LogP contribution is 2.30. The number of fused-ring (bicyclic) bond motifs is 1. The first kappa shape index (κ1) is 25.0. The quantitative estimate of drug-likeness (QED) is 0.153. The summed E-state index contributed by atoms with van der Waals surface area (Å²) in [5.41, 5.74) is 4.06. The number of halogens is 2. The minimum atomic E-state index is -0.602. The van der Waals surface area contributed by atoms with Gasteiger partial charge in [0.1, 0.15) is 12.2 Å². The van der Waals surface area contributed by atoms with Crippen molar-refractivity contribution >= 4 is 52.0 Å². The molecule has 0 saturated heterocycles. The van der Waals surface area contributed by atoms with Crippen molar-refractivity contribution in [3.8, 4) is 11.5 Å². The Morgan fingerprint density at radius 2 is 1.92 bits per heavy atom. The van der Waals surface area contributed by atoms with Crippen molar-refractivity contribution in [2.45, 2.75) is 13.5 Å². The lowest BCUT2D eigenvalue weighted by Crippen LogP contribution is -2.16. The molecule has 11 heteroatoms. The predicted molar refractivity (Wildman–Crippen MR) is 136 cm³/mol. The maximum Gasteiger partial charge on any atom is 0.307 e. The standard InChI is InChI=1S/C25H19Cl2N3O6/c1-2-34-23-9-15(3-7-22(23)35-14-16-4-5-18(26)12-20(16)27)13-28-29-25(31)24-11-17-10-19(30(32)33)6-8-21(17)36-24/h3-13H,2,14H2,1H3,(H,29,31). The number of hydrogen-bond donors (Lipinski definition) is 1. The summed E-state index contributed by atoms with van der Waals surface area (Å²) in [6, 6.07) is 15.9. The normalized spacial score (nSPS) is 11.1. The number of rotatable bonds is 9. The lowest BCUT2D eigenvalue weighted by atomic mass is 10.2. The van der Waals surface area contributed by atoms with E-state index in [1.807, 2.05) is 6.92 Å². The topological polar surface area (TPSA) is 116 Å². The Labute approximate surface area is 215 Å². The van der Waals surface area contributed by atoms with E-state index in [0.717, 1.165) is 5.56 Å². The molecule has 0 aliphatic carbocycles.